The van der Waals surface area contributed by atoms with E-state index in [9.17, 15) is 17.5 Å². The highest BCUT2D eigenvalue weighted by molar-refractivity contribution is 8.25. The van der Waals surface area contributed by atoms with Gasteiger partial charge in [-0.25, -0.2) is 13.6 Å². The van der Waals surface area contributed by atoms with Crippen molar-refractivity contribution in [3.8, 4) is 0 Å². The molecule has 0 saturated heterocycles. The number of nitrogens with two attached hydrogens (primary N) is 2. The molecule has 0 amide bonds. The topological polar surface area (TPSA) is 164 Å². The third-order valence-electron chi connectivity index (χ3n) is 2.09. The predicted molar refractivity (Wildman–Crippen MR) is 76.9 cm³/mol. The molecule has 0 bridgehead atoms. The fourth-order valence-corrected chi connectivity index (χ4v) is 3.82. The maximum absolute atomic E-state index is 11.0. The summed E-state index contributed by atoms with van der Waals surface area (Å²) < 4.78 is 44.0. The normalized spacial score (nSPS) is 13.2. The SMILES string of the molecule is Nc1ccc(S(O)(O)Nc2nnc(S(N)(=O)=O)s2)cc1. The molecule has 2 rings (SSSR count). The van der Waals surface area contributed by atoms with E-state index in [2.05, 4.69) is 14.9 Å². The van der Waals surface area contributed by atoms with E-state index in [4.69, 9.17) is 10.9 Å². The molecule has 0 unspecified atom stereocenters. The molecule has 0 fully saturated rings. The van der Waals surface area contributed by atoms with Crippen LogP contribution < -0.4 is 15.6 Å². The van der Waals surface area contributed by atoms with Crippen molar-refractivity contribution in [3.05, 3.63) is 24.3 Å². The highest BCUT2D eigenvalue weighted by Crippen LogP contribution is 2.48. The molecular weight excluding hydrogens is 326 g/mol. The van der Waals surface area contributed by atoms with Gasteiger partial charge in [-0.1, -0.05) is 22.1 Å². The fourth-order valence-electron chi connectivity index (χ4n) is 1.20. The van der Waals surface area contributed by atoms with Crippen molar-refractivity contribution in [3.63, 3.8) is 0 Å². The number of nitrogens with one attached hydrogen (secondary N) is 1. The molecule has 0 radical (unpaired) electrons. The number of benzene rings is 1. The van der Waals surface area contributed by atoms with Gasteiger partial charge in [0, 0.05) is 5.69 Å². The molecule has 0 aliphatic carbocycles. The van der Waals surface area contributed by atoms with Gasteiger partial charge in [0.25, 0.3) is 10.0 Å². The van der Waals surface area contributed by atoms with Crippen molar-refractivity contribution >= 4 is 43.0 Å². The lowest BCUT2D eigenvalue weighted by Gasteiger charge is -2.32. The number of nitrogens with zero attached hydrogens (tertiary/aromatic N) is 2. The molecule has 110 valence electrons. The zero-order chi connectivity index (χ0) is 15.0. The van der Waals surface area contributed by atoms with E-state index in [1.807, 2.05) is 0 Å². The number of aromatic nitrogens is 2. The minimum atomic E-state index is -3.97. The number of primary sulfonamides is 1. The van der Waals surface area contributed by atoms with Crippen LogP contribution in [0.15, 0.2) is 33.5 Å². The summed E-state index contributed by atoms with van der Waals surface area (Å²) in [6, 6.07) is 5.86. The van der Waals surface area contributed by atoms with Crippen LogP contribution in [-0.2, 0) is 10.0 Å². The summed E-state index contributed by atoms with van der Waals surface area (Å²) in [6.07, 6.45) is 0. The minimum Gasteiger partial charge on any atom is -0.399 e. The minimum absolute atomic E-state index is 0.0779. The Bertz CT molecular complexity index is 712. The summed E-state index contributed by atoms with van der Waals surface area (Å²) in [5, 5.41) is 11.6. The Morgan fingerprint density at radius 3 is 2.25 bits per heavy atom. The molecule has 2 aromatic rings. The first-order valence-corrected chi connectivity index (χ1v) is 8.87. The predicted octanol–water partition coefficient (Wildman–Crippen LogP) is 0.904. The number of nitrogen functional groups attached to an aromatic ring is 1. The van der Waals surface area contributed by atoms with E-state index in [0.717, 1.165) is 0 Å². The molecule has 0 spiro atoms. The Morgan fingerprint density at radius 1 is 1.15 bits per heavy atom. The Labute approximate surface area is 120 Å². The Kier molecular flexibility index (Phi) is 3.86. The average Bonchev–Trinajstić information content (AvgIpc) is 2.77. The van der Waals surface area contributed by atoms with Crippen LogP contribution in [0.3, 0.4) is 0 Å². The summed E-state index contributed by atoms with van der Waals surface area (Å²) in [5.41, 5.74) is 5.97. The summed E-state index contributed by atoms with van der Waals surface area (Å²) in [4.78, 5) is 0.180. The van der Waals surface area contributed by atoms with Crippen molar-refractivity contribution in [2.75, 3.05) is 10.5 Å². The molecule has 1 aromatic carbocycles. The monoisotopic (exact) mass is 337 g/mol. The van der Waals surface area contributed by atoms with Crippen molar-refractivity contribution in [1.82, 2.24) is 10.2 Å². The van der Waals surface area contributed by atoms with Gasteiger partial charge in [0.1, 0.15) is 0 Å². The van der Waals surface area contributed by atoms with E-state index in [0.29, 0.717) is 17.0 Å². The molecular formula is C8H11N5O4S3. The number of hydrogen-bond acceptors (Lipinski definition) is 9. The van der Waals surface area contributed by atoms with Gasteiger partial charge in [0.15, 0.2) is 0 Å². The number of sulfonamides is 1. The van der Waals surface area contributed by atoms with Crippen molar-refractivity contribution in [2.24, 2.45) is 5.14 Å². The van der Waals surface area contributed by atoms with Gasteiger partial charge in [-0.15, -0.1) is 10.2 Å². The van der Waals surface area contributed by atoms with Gasteiger partial charge in [-0.3, -0.25) is 13.8 Å². The second-order valence-corrected chi connectivity index (χ2v) is 8.12. The van der Waals surface area contributed by atoms with Crippen LogP contribution in [0, 0.1) is 0 Å². The first-order chi connectivity index (χ1) is 9.18. The molecule has 7 N–H and O–H groups in total. The van der Waals surface area contributed by atoms with E-state index in [1.165, 1.54) is 24.3 Å². The van der Waals surface area contributed by atoms with Crippen LogP contribution in [0.1, 0.15) is 0 Å². The Hall–Kier alpha value is -1.44. The van der Waals surface area contributed by atoms with Crippen molar-refractivity contribution in [2.45, 2.75) is 9.24 Å². The van der Waals surface area contributed by atoms with Crippen LogP contribution in [-0.4, -0.2) is 27.7 Å². The number of anilines is 2. The molecule has 0 atom stereocenters. The van der Waals surface area contributed by atoms with E-state index < -0.39 is 25.1 Å². The first kappa shape index (κ1) is 15.0. The van der Waals surface area contributed by atoms with Crippen LogP contribution >= 0.6 is 22.1 Å². The highest BCUT2D eigenvalue weighted by atomic mass is 32.3. The maximum atomic E-state index is 11.0. The standard InChI is InChI=1S/C8H11N5O4S3/c9-5-1-3-6(4-2-5)20(16,17)13-7-11-12-8(18-7)19(10,14)15/h1-4,16-17H,9H2,(H,11,13)(H2,10,14,15). The maximum Gasteiger partial charge on any atom is 0.267 e. The summed E-state index contributed by atoms with van der Waals surface area (Å²) in [7, 11) is -7.37. The number of rotatable bonds is 4. The lowest BCUT2D eigenvalue weighted by Crippen LogP contribution is -2.11. The largest absolute Gasteiger partial charge is 0.399 e. The van der Waals surface area contributed by atoms with E-state index >= 15 is 0 Å². The zero-order valence-electron chi connectivity index (χ0n) is 9.79. The van der Waals surface area contributed by atoms with Gasteiger partial charge < -0.3 is 5.73 Å². The molecule has 1 aromatic heterocycles. The number of hydrogen-bond donors (Lipinski definition) is 5. The second kappa shape index (κ2) is 5.16. The zero-order valence-corrected chi connectivity index (χ0v) is 12.2. The highest BCUT2D eigenvalue weighted by Gasteiger charge is 2.20. The van der Waals surface area contributed by atoms with Gasteiger partial charge in [-0.2, -0.15) is 0 Å². The lowest BCUT2D eigenvalue weighted by atomic mass is 10.3. The average molecular weight is 337 g/mol. The molecule has 20 heavy (non-hydrogen) atoms. The van der Waals surface area contributed by atoms with Crippen molar-refractivity contribution < 1.29 is 17.5 Å². The lowest BCUT2D eigenvalue weighted by molar-refractivity contribution is 0.494. The molecule has 12 heteroatoms. The van der Waals surface area contributed by atoms with Gasteiger partial charge in [0.05, 0.1) is 4.90 Å². The summed E-state index contributed by atoms with van der Waals surface area (Å²) >= 11 is 0.594. The second-order valence-electron chi connectivity index (χ2n) is 3.64. The van der Waals surface area contributed by atoms with Crippen LogP contribution in [0.4, 0.5) is 10.8 Å². The summed E-state index contributed by atoms with van der Waals surface area (Å²) in [6.45, 7) is 0. The van der Waals surface area contributed by atoms with Crippen molar-refractivity contribution in [1.29, 1.82) is 0 Å². The fraction of sp³-hybridized carbons (Fsp3) is 0. The molecule has 9 nitrogen and oxygen atoms in total. The Morgan fingerprint density at radius 2 is 1.75 bits per heavy atom. The smallest absolute Gasteiger partial charge is 0.267 e. The van der Waals surface area contributed by atoms with E-state index in [1.54, 1.807) is 0 Å². The third kappa shape index (κ3) is 3.36. The van der Waals surface area contributed by atoms with Gasteiger partial charge in [-0.05, 0) is 24.3 Å². The first-order valence-electron chi connectivity index (χ1n) is 4.96. The third-order valence-corrected chi connectivity index (χ3v) is 5.77. The Balaban J connectivity index is 2.24. The van der Waals surface area contributed by atoms with Crippen LogP contribution in [0.5, 0.6) is 0 Å². The molecule has 0 saturated carbocycles. The van der Waals surface area contributed by atoms with E-state index in [-0.39, 0.29) is 10.0 Å². The van der Waals surface area contributed by atoms with Gasteiger partial charge >= 0.3 is 0 Å². The molecule has 0 aliphatic rings. The quantitative estimate of drug-likeness (QED) is 0.513. The van der Waals surface area contributed by atoms with Crippen LogP contribution in [0.2, 0.25) is 0 Å². The van der Waals surface area contributed by atoms with Gasteiger partial charge in [0.2, 0.25) is 9.47 Å². The summed E-state index contributed by atoms with van der Waals surface area (Å²) in [5.74, 6) is 0. The van der Waals surface area contributed by atoms with Crippen LogP contribution in [0.25, 0.3) is 0 Å². The molecule has 0 aliphatic heterocycles. The molecule has 1 heterocycles.